The minimum atomic E-state index is -0.106. The van der Waals surface area contributed by atoms with Crippen LogP contribution in [0.25, 0.3) is 0 Å². The van der Waals surface area contributed by atoms with Crippen LogP contribution in [0.2, 0.25) is 0 Å². The molecule has 1 aromatic heterocycles. The highest BCUT2D eigenvalue weighted by atomic mass is 16.2. The number of hydrogen-bond acceptors (Lipinski definition) is 5. The lowest BCUT2D eigenvalue weighted by Crippen LogP contribution is -2.49. The topological polar surface area (TPSA) is 91.1 Å². The highest BCUT2D eigenvalue weighted by Crippen LogP contribution is 2.29. The van der Waals surface area contributed by atoms with Crippen LogP contribution in [0, 0.1) is 5.92 Å². The van der Waals surface area contributed by atoms with Gasteiger partial charge >= 0.3 is 0 Å². The first-order chi connectivity index (χ1) is 8.72. The van der Waals surface area contributed by atoms with Crippen molar-refractivity contribution >= 4 is 11.9 Å². The molecule has 3 N–H and O–H groups in total. The van der Waals surface area contributed by atoms with E-state index in [1.54, 1.807) is 0 Å². The van der Waals surface area contributed by atoms with Crippen LogP contribution in [-0.4, -0.2) is 63.6 Å². The molecule has 1 aromatic rings. The number of nitrogens with zero attached hydrogens (tertiary/aromatic N) is 4. The van der Waals surface area contributed by atoms with E-state index < -0.39 is 0 Å². The van der Waals surface area contributed by atoms with Crippen molar-refractivity contribution in [2.45, 2.75) is 12.8 Å². The molecule has 0 bridgehead atoms. The van der Waals surface area contributed by atoms with Gasteiger partial charge in [0.25, 0.3) is 5.91 Å². The summed E-state index contributed by atoms with van der Waals surface area (Å²) in [6.07, 6.45) is 2.74. The van der Waals surface area contributed by atoms with Gasteiger partial charge in [0.15, 0.2) is 0 Å². The smallest absolute Gasteiger partial charge is 0.291 e. The summed E-state index contributed by atoms with van der Waals surface area (Å²) in [6.45, 7) is 4.60. The number of hydrogen-bond donors (Lipinski definition) is 2. The summed E-state index contributed by atoms with van der Waals surface area (Å²) in [5.41, 5.74) is 5.40. The Balaban J connectivity index is 1.53. The second-order valence-electron chi connectivity index (χ2n) is 5.08. The van der Waals surface area contributed by atoms with Crippen LogP contribution >= 0.6 is 0 Å². The molecule has 7 nitrogen and oxygen atoms in total. The number of carbonyl (C=O) groups excluding carboxylic acids is 1. The first-order valence-corrected chi connectivity index (χ1v) is 6.42. The molecule has 1 saturated carbocycles. The Hall–Kier alpha value is -1.63. The van der Waals surface area contributed by atoms with Crippen molar-refractivity contribution in [1.82, 2.24) is 25.0 Å². The zero-order valence-electron chi connectivity index (χ0n) is 10.3. The van der Waals surface area contributed by atoms with Gasteiger partial charge in [-0.1, -0.05) is 0 Å². The number of amides is 1. The molecule has 2 fully saturated rings. The predicted molar refractivity (Wildman–Crippen MR) is 65.9 cm³/mol. The van der Waals surface area contributed by atoms with Gasteiger partial charge in [-0.05, 0) is 18.8 Å². The van der Waals surface area contributed by atoms with Crippen molar-refractivity contribution in [3.05, 3.63) is 5.82 Å². The van der Waals surface area contributed by atoms with Crippen LogP contribution in [0.3, 0.4) is 0 Å². The minimum absolute atomic E-state index is 0.106. The van der Waals surface area contributed by atoms with E-state index in [9.17, 15) is 4.79 Å². The van der Waals surface area contributed by atoms with Crippen molar-refractivity contribution in [2.24, 2.45) is 5.92 Å². The Morgan fingerprint density at radius 2 is 2.06 bits per heavy atom. The number of piperazine rings is 1. The van der Waals surface area contributed by atoms with Crippen molar-refractivity contribution in [3.8, 4) is 0 Å². The molecule has 18 heavy (non-hydrogen) atoms. The molecule has 0 atom stereocenters. The Labute approximate surface area is 105 Å². The van der Waals surface area contributed by atoms with Crippen LogP contribution in [0.15, 0.2) is 0 Å². The summed E-state index contributed by atoms with van der Waals surface area (Å²) in [7, 11) is 0. The van der Waals surface area contributed by atoms with Crippen molar-refractivity contribution < 1.29 is 4.79 Å². The fourth-order valence-electron chi connectivity index (χ4n) is 2.32. The maximum atomic E-state index is 12.1. The second kappa shape index (κ2) is 4.56. The summed E-state index contributed by atoms with van der Waals surface area (Å²) in [5.74, 6) is 1.15. The molecule has 1 amide bonds. The van der Waals surface area contributed by atoms with Crippen LogP contribution in [0.5, 0.6) is 0 Å². The first-order valence-electron chi connectivity index (χ1n) is 6.42. The molecule has 0 radical (unpaired) electrons. The predicted octanol–water partition coefficient (Wildman–Crippen LogP) is -0.445. The molecule has 98 valence electrons. The molecular formula is C11H18N6O. The highest BCUT2D eigenvalue weighted by molar-refractivity contribution is 5.90. The zero-order chi connectivity index (χ0) is 12.5. The van der Waals surface area contributed by atoms with E-state index in [-0.39, 0.29) is 17.7 Å². The van der Waals surface area contributed by atoms with Gasteiger partial charge in [0.05, 0.1) is 0 Å². The highest BCUT2D eigenvalue weighted by Gasteiger charge is 2.28. The number of aromatic nitrogens is 3. The van der Waals surface area contributed by atoms with Gasteiger partial charge in [-0.2, -0.15) is 4.98 Å². The van der Waals surface area contributed by atoms with Crippen LogP contribution in [0.1, 0.15) is 23.5 Å². The van der Waals surface area contributed by atoms with Gasteiger partial charge in [0.1, 0.15) is 0 Å². The van der Waals surface area contributed by atoms with Crippen molar-refractivity contribution in [3.63, 3.8) is 0 Å². The van der Waals surface area contributed by atoms with E-state index in [1.165, 1.54) is 19.4 Å². The molecule has 1 aliphatic heterocycles. The maximum absolute atomic E-state index is 12.1. The molecule has 1 saturated heterocycles. The third kappa shape index (κ3) is 2.45. The van der Waals surface area contributed by atoms with Crippen LogP contribution in [0.4, 0.5) is 5.95 Å². The van der Waals surface area contributed by atoms with Gasteiger partial charge < -0.3 is 10.6 Å². The number of rotatable bonds is 3. The average Bonchev–Trinajstić information content (AvgIpc) is 3.09. The number of nitrogens with two attached hydrogens (primary N) is 1. The summed E-state index contributed by atoms with van der Waals surface area (Å²) < 4.78 is 0. The average molecular weight is 250 g/mol. The summed E-state index contributed by atoms with van der Waals surface area (Å²) >= 11 is 0. The number of nitrogen functional groups attached to an aromatic ring is 1. The lowest BCUT2D eigenvalue weighted by molar-refractivity contribution is 0.0620. The van der Waals surface area contributed by atoms with Gasteiger partial charge in [-0.15, -0.1) is 5.10 Å². The number of anilines is 1. The van der Waals surface area contributed by atoms with E-state index in [0.717, 1.165) is 32.1 Å². The molecule has 0 aromatic carbocycles. The van der Waals surface area contributed by atoms with E-state index in [0.29, 0.717) is 0 Å². The van der Waals surface area contributed by atoms with Crippen LogP contribution in [-0.2, 0) is 0 Å². The molecular weight excluding hydrogens is 232 g/mol. The fraction of sp³-hybridized carbons (Fsp3) is 0.727. The molecule has 7 heteroatoms. The maximum Gasteiger partial charge on any atom is 0.291 e. The first kappa shape index (κ1) is 11.5. The van der Waals surface area contributed by atoms with Crippen molar-refractivity contribution in [1.29, 1.82) is 0 Å². The number of carbonyl (C=O) groups is 1. The minimum Gasteiger partial charge on any atom is -0.366 e. The standard InChI is InChI=1S/C11H18N6O/c12-11-13-9(14-15-11)10(18)17-5-3-16(4-6-17)7-8-1-2-8/h8H,1-7H2,(H3,12,13,14,15). The SMILES string of the molecule is Nc1n[nH]c(C(=O)N2CCN(CC3CC3)CC2)n1. The molecule has 0 spiro atoms. The Bertz CT molecular complexity index is 432. The normalized spacial score (nSPS) is 21.2. The van der Waals surface area contributed by atoms with E-state index in [4.69, 9.17) is 5.73 Å². The van der Waals surface area contributed by atoms with Crippen molar-refractivity contribution in [2.75, 3.05) is 38.5 Å². The molecule has 2 heterocycles. The van der Waals surface area contributed by atoms with E-state index in [2.05, 4.69) is 20.1 Å². The van der Waals surface area contributed by atoms with Crippen LogP contribution < -0.4 is 5.73 Å². The zero-order valence-corrected chi connectivity index (χ0v) is 10.3. The quantitative estimate of drug-likeness (QED) is 0.758. The van der Waals surface area contributed by atoms with Gasteiger partial charge in [-0.25, -0.2) is 0 Å². The Morgan fingerprint density at radius 1 is 1.33 bits per heavy atom. The molecule has 2 aliphatic rings. The Kier molecular flexibility index (Phi) is 2.91. The number of nitrogens with one attached hydrogen (secondary N) is 1. The summed E-state index contributed by atoms with van der Waals surface area (Å²) in [4.78, 5) is 20.2. The molecule has 1 aliphatic carbocycles. The molecule has 3 rings (SSSR count). The van der Waals surface area contributed by atoms with E-state index >= 15 is 0 Å². The third-order valence-electron chi connectivity index (χ3n) is 3.58. The largest absolute Gasteiger partial charge is 0.366 e. The number of aromatic amines is 1. The van der Waals surface area contributed by atoms with E-state index in [1.807, 2.05) is 4.90 Å². The summed E-state index contributed by atoms with van der Waals surface area (Å²) in [5, 5.41) is 6.24. The molecule has 0 unspecified atom stereocenters. The Morgan fingerprint density at radius 3 is 2.61 bits per heavy atom. The third-order valence-corrected chi connectivity index (χ3v) is 3.58. The number of H-pyrrole nitrogens is 1. The lowest BCUT2D eigenvalue weighted by Gasteiger charge is -2.34. The van der Waals surface area contributed by atoms with Gasteiger partial charge in [0, 0.05) is 32.7 Å². The lowest BCUT2D eigenvalue weighted by atomic mass is 10.2. The second-order valence-corrected chi connectivity index (χ2v) is 5.08. The van der Waals surface area contributed by atoms with Gasteiger partial charge in [-0.3, -0.25) is 14.8 Å². The van der Waals surface area contributed by atoms with Gasteiger partial charge in [0.2, 0.25) is 11.8 Å². The summed E-state index contributed by atoms with van der Waals surface area (Å²) in [6, 6.07) is 0. The fourth-order valence-corrected chi connectivity index (χ4v) is 2.32. The monoisotopic (exact) mass is 250 g/mol.